The standard InChI is InChI=1S/C18H18N4O5S/c1-10(23)13-9-28-16(19-13)20-14(24)8-22-15(25)18(2,21-17(22)26)11-4-6-12(27-3)7-5-11/h4-7,9H,8H2,1-3H3,(H,21,26)(H,19,20,24). The summed E-state index contributed by atoms with van der Waals surface area (Å²) < 4.78 is 5.10. The van der Waals surface area contributed by atoms with E-state index in [2.05, 4.69) is 15.6 Å². The lowest BCUT2D eigenvalue weighted by molar-refractivity contribution is -0.133. The van der Waals surface area contributed by atoms with Crippen LogP contribution in [0.2, 0.25) is 0 Å². The quantitative estimate of drug-likeness (QED) is 0.562. The number of ketones is 1. The maximum Gasteiger partial charge on any atom is 0.325 e. The normalized spacial score (nSPS) is 18.8. The number of nitrogens with one attached hydrogen (secondary N) is 2. The van der Waals surface area contributed by atoms with Crippen molar-refractivity contribution in [3.8, 4) is 5.75 Å². The zero-order chi connectivity index (χ0) is 20.5. The molecule has 0 radical (unpaired) electrons. The lowest BCUT2D eigenvalue weighted by Crippen LogP contribution is -2.42. The summed E-state index contributed by atoms with van der Waals surface area (Å²) in [4.78, 5) is 53.5. The molecule has 0 saturated carbocycles. The number of amides is 4. The highest BCUT2D eigenvalue weighted by molar-refractivity contribution is 7.14. The molecular weight excluding hydrogens is 384 g/mol. The zero-order valence-electron chi connectivity index (χ0n) is 15.4. The van der Waals surface area contributed by atoms with Gasteiger partial charge in [-0.05, 0) is 24.6 Å². The zero-order valence-corrected chi connectivity index (χ0v) is 16.3. The molecule has 1 aliphatic rings. The average molecular weight is 402 g/mol. The number of rotatable bonds is 6. The molecule has 2 N–H and O–H groups in total. The van der Waals surface area contributed by atoms with Crippen molar-refractivity contribution in [3.63, 3.8) is 0 Å². The molecule has 146 valence electrons. The number of benzene rings is 1. The predicted molar refractivity (Wildman–Crippen MR) is 101 cm³/mol. The number of aromatic nitrogens is 1. The smallest absolute Gasteiger partial charge is 0.325 e. The molecule has 1 fully saturated rings. The van der Waals surface area contributed by atoms with E-state index in [1.165, 1.54) is 19.4 Å². The van der Waals surface area contributed by atoms with E-state index >= 15 is 0 Å². The first-order valence-corrected chi connectivity index (χ1v) is 9.17. The summed E-state index contributed by atoms with van der Waals surface area (Å²) in [5.41, 5.74) is -0.477. The van der Waals surface area contributed by atoms with Gasteiger partial charge in [-0.15, -0.1) is 11.3 Å². The highest BCUT2D eigenvalue weighted by atomic mass is 32.1. The van der Waals surface area contributed by atoms with Gasteiger partial charge in [-0.25, -0.2) is 9.78 Å². The largest absolute Gasteiger partial charge is 0.497 e. The minimum absolute atomic E-state index is 0.221. The molecule has 4 amide bonds. The molecule has 10 heteroatoms. The fraction of sp³-hybridized carbons (Fsp3) is 0.278. The molecule has 28 heavy (non-hydrogen) atoms. The molecule has 1 unspecified atom stereocenters. The fourth-order valence-electron chi connectivity index (χ4n) is 2.76. The third kappa shape index (κ3) is 3.58. The number of ether oxygens (including phenoxy) is 1. The Balaban J connectivity index is 1.71. The molecule has 1 aliphatic heterocycles. The summed E-state index contributed by atoms with van der Waals surface area (Å²) >= 11 is 1.09. The van der Waals surface area contributed by atoms with Crippen molar-refractivity contribution in [2.45, 2.75) is 19.4 Å². The SMILES string of the molecule is COc1ccc(C2(C)NC(=O)N(CC(=O)Nc3nc(C(C)=O)cs3)C2=O)cc1. The molecule has 1 saturated heterocycles. The molecule has 1 aromatic heterocycles. The Bertz CT molecular complexity index is 955. The van der Waals surface area contributed by atoms with Gasteiger partial charge < -0.3 is 15.4 Å². The number of imide groups is 1. The maximum atomic E-state index is 12.8. The van der Waals surface area contributed by atoms with E-state index in [-0.39, 0.29) is 16.6 Å². The molecule has 0 spiro atoms. The monoisotopic (exact) mass is 402 g/mol. The van der Waals surface area contributed by atoms with Gasteiger partial charge in [0, 0.05) is 12.3 Å². The molecular formula is C18H18N4O5S. The van der Waals surface area contributed by atoms with Crippen molar-refractivity contribution < 1.29 is 23.9 Å². The van der Waals surface area contributed by atoms with Crippen molar-refractivity contribution in [3.05, 3.63) is 40.9 Å². The number of urea groups is 1. The van der Waals surface area contributed by atoms with Crippen molar-refractivity contribution in [2.24, 2.45) is 0 Å². The van der Waals surface area contributed by atoms with Crippen molar-refractivity contribution in [1.82, 2.24) is 15.2 Å². The second-order valence-electron chi connectivity index (χ2n) is 6.32. The van der Waals surface area contributed by atoms with Crippen LogP contribution in [0, 0.1) is 0 Å². The summed E-state index contributed by atoms with van der Waals surface area (Å²) in [6.45, 7) is 2.48. The van der Waals surface area contributed by atoms with Crippen LogP contribution in [-0.4, -0.2) is 47.2 Å². The van der Waals surface area contributed by atoms with Gasteiger partial charge in [0.05, 0.1) is 7.11 Å². The first kappa shape index (κ1) is 19.5. The minimum Gasteiger partial charge on any atom is -0.497 e. The molecule has 0 aliphatic carbocycles. The van der Waals surface area contributed by atoms with Crippen LogP contribution in [0.15, 0.2) is 29.6 Å². The van der Waals surface area contributed by atoms with Crippen LogP contribution in [0.4, 0.5) is 9.93 Å². The van der Waals surface area contributed by atoms with E-state index in [1.807, 2.05) is 0 Å². The molecule has 9 nitrogen and oxygen atoms in total. The highest BCUT2D eigenvalue weighted by Crippen LogP contribution is 2.30. The van der Waals surface area contributed by atoms with Gasteiger partial charge in [0.2, 0.25) is 5.91 Å². The third-order valence-corrected chi connectivity index (χ3v) is 5.11. The Kier molecular flexibility index (Phi) is 5.14. The Hall–Kier alpha value is -3.27. The van der Waals surface area contributed by atoms with Gasteiger partial charge in [0.25, 0.3) is 5.91 Å². The van der Waals surface area contributed by atoms with Crippen LogP contribution in [0.1, 0.15) is 29.9 Å². The highest BCUT2D eigenvalue weighted by Gasteiger charge is 2.49. The van der Waals surface area contributed by atoms with Crippen molar-refractivity contribution >= 4 is 40.1 Å². The topological polar surface area (TPSA) is 118 Å². The first-order valence-electron chi connectivity index (χ1n) is 8.29. The van der Waals surface area contributed by atoms with E-state index in [0.29, 0.717) is 11.3 Å². The Morgan fingerprint density at radius 2 is 1.96 bits per heavy atom. The second-order valence-corrected chi connectivity index (χ2v) is 7.18. The third-order valence-electron chi connectivity index (χ3n) is 4.36. The lowest BCUT2D eigenvalue weighted by atomic mass is 9.92. The Morgan fingerprint density at radius 3 is 2.54 bits per heavy atom. The van der Waals surface area contributed by atoms with Crippen LogP contribution < -0.4 is 15.4 Å². The summed E-state index contributed by atoms with van der Waals surface area (Å²) in [7, 11) is 1.53. The van der Waals surface area contributed by atoms with E-state index in [1.54, 1.807) is 31.2 Å². The summed E-state index contributed by atoms with van der Waals surface area (Å²) in [6.07, 6.45) is 0. The number of methoxy groups -OCH3 is 1. The van der Waals surface area contributed by atoms with Crippen molar-refractivity contribution in [1.29, 1.82) is 0 Å². The van der Waals surface area contributed by atoms with Crippen LogP contribution in [0.5, 0.6) is 5.75 Å². The van der Waals surface area contributed by atoms with Gasteiger partial charge in [0.1, 0.15) is 23.5 Å². The number of hydrogen-bond donors (Lipinski definition) is 2. The van der Waals surface area contributed by atoms with E-state index in [0.717, 1.165) is 16.2 Å². The molecule has 2 heterocycles. The number of carbonyl (C=O) groups excluding carboxylic acids is 4. The second kappa shape index (κ2) is 7.39. The molecule has 3 rings (SSSR count). The fourth-order valence-corrected chi connectivity index (χ4v) is 3.52. The molecule has 1 aromatic carbocycles. The van der Waals surface area contributed by atoms with Gasteiger partial charge in [-0.2, -0.15) is 0 Å². The summed E-state index contributed by atoms with van der Waals surface area (Å²) in [5, 5.41) is 6.87. The Labute approximate surface area is 164 Å². The van der Waals surface area contributed by atoms with Crippen LogP contribution >= 0.6 is 11.3 Å². The average Bonchev–Trinajstić information content (AvgIpc) is 3.21. The van der Waals surface area contributed by atoms with Gasteiger partial charge in [-0.3, -0.25) is 19.3 Å². The number of hydrogen-bond acceptors (Lipinski definition) is 7. The van der Waals surface area contributed by atoms with E-state index < -0.39 is 29.9 Å². The van der Waals surface area contributed by atoms with Crippen LogP contribution in [0.25, 0.3) is 0 Å². The van der Waals surface area contributed by atoms with Crippen molar-refractivity contribution in [2.75, 3.05) is 19.0 Å². The van der Waals surface area contributed by atoms with Gasteiger partial charge in [0.15, 0.2) is 10.9 Å². The number of anilines is 1. The first-order chi connectivity index (χ1) is 13.2. The molecule has 2 aromatic rings. The summed E-state index contributed by atoms with van der Waals surface area (Å²) in [6, 6.07) is 6.07. The predicted octanol–water partition coefficient (Wildman–Crippen LogP) is 1.76. The van der Waals surface area contributed by atoms with E-state index in [9.17, 15) is 19.2 Å². The maximum absolute atomic E-state index is 12.8. The molecule has 0 bridgehead atoms. The van der Waals surface area contributed by atoms with Gasteiger partial charge in [-0.1, -0.05) is 12.1 Å². The number of thiazole rings is 1. The molecule has 1 atom stereocenters. The number of Topliss-reactive ketones (excluding diaryl/α,β-unsaturated/α-hetero) is 1. The number of nitrogens with zero attached hydrogens (tertiary/aromatic N) is 2. The van der Waals surface area contributed by atoms with Gasteiger partial charge >= 0.3 is 6.03 Å². The van der Waals surface area contributed by atoms with E-state index in [4.69, 9.17) is 4.74 Å². The summed E-state index contributed by atoms with van der Waals surface area (Å²) in [5.74, 6) is -0.733. The van der Waals surface area contributed by atoms with Crippen LogP contribution in [0.3, 0.4) is 0 Å². The minimum atomic E-state index is -1.29. The van der Waals surface area contributed by atoms with Crippen LogP contribution in [-0.2, 0) is 15.1 Å². The Morgan fingerprint density at radius 1 is 1.29 bits per heavy atom. The number of carbonyl (C=O) groups is 4. The lowest BCUT2D eigenvalue weighted by Gasteiger charge is -2.22.